The van der Waals surface area contributed by atoms with Crippen LogP contribution in [0.3, 0.4) is 0 Å². The summed E-state index contributed by atoms with van der Waals surface area (Å²) in [6, 6.07) is 0. The minimum atomic E-state index is 0.00535. The van der Waals surface area contributed by atoms with E-state index in [1.54, 1.807) is 7.11 Å². The number of methoxy groups -OCH3 is 1. The van der Waals surface area contributed by atoms with Gasteiger partial charge in [0.05, 0.1) is 5.60 Å². The lowest BCUT2D eigenvalue weighted by Crippen LogP contribution is -2.43. The van der Waals surface area contributed by atoms with Crippen molar-refractivity contribution in [1.82, 2.24) is 0 Å². The number of hydrogen-bond donors (Lipinski definition) is 1. The molecule has 0 aromatic heterocycles. The summed E-state index contributed by atoms with van der Waals surface area (Å²) in [5, 5.41) is 0. The maximum absolute atomic E-state index is 5.75. The van der Waals surface area contributed by atoms with Gasteiger partial charge >= 0.3 is 0 Å². The Hall–Kier alpha value is -0.0800. The summed E-state index contributed by atoms with van der Waals surface area (Å²) in [7, 11) is 1.79. The standard InChI is InChI=1S/C11H23NO/c1-9(2)10-4-6-11(8-12,13-3)7-5-10/h9-10H,4-8,12H2,1-3H3. The van der Waals surface area contributed by atoms with Gasteiger partial charge in [0.25, 0.3) is 0 Å². The van der Waals surface area contributed by atoms with E-state index in [9.17, 15) is 0 Å². The van der Waals surface area contributed by atoms with E-state index in [1.807, 2.05) is 0 Å². The Kier molecular flexibility index (Phi) is 3.74. The molecule has 0 atom stereocenters. The van der Waals surface area contributed by atoms with E-state index in [2.05, 4.69) is 13.8 Å². The van der Waals surface area contributed by atoms with E-state index < -0.39 is 0 Å². The molecule has 2 heteroatoms. The zero-order valence-electron chi connectivity index (χ0n) is 9.18. The fraction of sp³-hybridized carbons (Fsp3) is 1.00. The van der Waals surface area contributed by atoms with Crippen LogP contribution in [0.25, 0.3) is 0 Å². The summed E-state index contributed by atoms with van der Waals surface area (Å²) >= 11 is 0. The van der Waals surface area contributed by atoms with Gasteiger partial charge in [-0.25, -0.2) is 0 Å². The largest absolute Gasteiger partial charge is 0.377 e. The Balaban J connectivity index is 2.45. The lowest BCUT2D eigenvalue weighted by molar-refractivity contribution is -0.0456. The summed E-state index contributed by atoms with van der Waals surface area (Å²) in [6.45, 7) is 5.30. The van der Waals surface area contributed by atoms with Crippen molar-refractivity contribution in [2.75, 3.05) is 13.7 Å². The first-order valence-corrected chi connectivity index (χ1v) is 5.39. The predicted octanol–water partition coefficient (Wildman–Crippen LogP) is 2.18. The van der Waals surface area contributed by atoms with E-state index >= 15 is 0 Å². The Morgan fingerprint density at radius 2 is 1.92 bits per heavy atom. The van der Waals surface area contributed by atoms with Crippen LogP contribution in [0.4, 0.5) is 0 Å². The van der Waals surface area contributed by atoms with Gasteiger partial charge < -0.3 is 10.5 Å². The molecule has 1 aliphatic rings. The highest BCUT2D eigenvalue weighted by Crippen LogP contribution is 2.36. The number of rotatable bonds is 3. The van der Waals surface area contributed by atoms with Crippen LogP contribution < -0.4 is 5.73 Å². The van der Waals surface area contributed by atoms with Gasteiger partial charge in [0.2, 0.25) is 0 Å². The highest BCUT2D eigenvalue weighted by Gasteiger charge is 2.34. The molecule has 0 aromatic carbocycles. The minimum Gasteiger partial charge on any atom is -0.377 e. The van der Waals surface area contributed by atoms with E-state index in [0.717, 1.165) is 24.7 Å². The average Bonchev–Trinajstić information content (AvgIpc) is 2.18. The maximum atomic E-state index is 5.75. The predicted molar refractivity (Wildman–Crippen MR) is 55.6 cm³/mol. The first-order chi connectivity index (χ1) is 6.13. The number of ether oxygens (including phenoxy) is 1. The second-order valence-electron chi connectivity index (χ2n) is 4.67. The molecule has 1 rings (SSSR count). The van der Waals surface area contributed by atoms with Gasteiger partial charge in [-0.2, -0.15) is 0 Å². The van der Waals surface area contributed by atoms with Crippen molar-refractivity contribution < 1.29 is 4.74 Å². The topological polar surface area (TPSA) is 35.2 Å². The van der Waals surface area contributed by atoms with Crippen molar-refractivity contribution in [3.63, 3.8) is 0 Å². The Bertz CT molecular complexity index is 142. The third kappa shape index (κ3) is 2.44. The molecule has 0 radical (unpaired) electrons. The molecule has 0 bridgehead atoms. The molecule has 1 fully saturated rings. The van der Waals surface area contributed by atoms with Gasteiger partial charge in [0.15, 0.2) is 0 Å². The van der Waals surface area contributed by atoms with Crippen LogP contribution in [0.15, 0.2) is 0 Å². The van der Waals surface area contributed by atoms with Crippen LogP contribution in [0.1, 0.15) is 39.5 Å². The lowest BCUT2D eigenvalue weighted by atomic mass is 9.74. The van der Waals surface area contributed by atoms with Crippen molar-refractivity contribution in [3.8, 4) is 0 Å². The minimum absolute atomic E-state index is 0.00535. The van der Waals surface area contributed by atoms with Gasteiger partial charge in [0, 0.05) is 13.7 Å². The molecule has 1 aliphatic carbocycles. The normalized spacial score (nSPS) is 35.3. The Morgan fingerprint density at radius 3 is 2.23 bits per heavy atom. The molecule has 13 heavy (non-hydrogen) atoms. The highest BCUT2D eigenvalue weighted by atomic mass is 16.5. The third-order valence-corrected chi connectivity index (χ3v) is 3.69. The summed E-state index contributed by atoms with van der Waals surface area (Å²) in [5.41, 5.74) is 5.75. The van der Waals surface area contributed by atoms with Gasteiger partial charge in [0.1, 0.15) is 0 Å². The van der Waals surface area contributed by atoms with E-state index in [1.165, 1.54) is 12.8 Å². The monoisotopic (exact) mass is 185 g/mol. The number of hydrogen-bond acceptors (Lipinski definition) is 2. The second-order valence-corrected chi connectivity index (χ2v) is 4.67. The van der Waals surface area contributed by atoms with Crippen molar-refractivity contribution in [1.29, 1.82) is 0 Å². The molecule has 2 N–H and O–H groups in total. The first kappa shape index (κ1) is 11.0. The van der Waals surface area contributed by atoms with E-state index in [-0.39, 0.29) is 5.60 Å². The van der Waals surface area contributed by atoms with Crippen LogP contribution in [0.2, 0.25) is 0 Å². The SMILES string of the molecule is COC1(CN)CCC(C(C)C)CC1. The molecule has 0 aliphatic heterocycles. The molecular weight excluding hydrogens is 162 g/mol. The molecule has 0 spiro atoms. The smallest absolute Gasteiger partial charge is 0.0800 e. The molecule has 1 saturated carbocycles. The van der Waals surface area contributed by atoms with Crippen LogP contribution in [-0.2, 0) is 4.74 Å². The van der Waals surface area contributed by atoms with Crippen molar-refractivity contribution in [2.45, 2.75) is 45.1 Å². The Morgan fingerprint density at radius 1 is 1.38 bits per heavy atom. The van der Waals surface area contributed by atoms with Crippen LogP contribution in [0, 0.1) is 11.8 Å². The highest BCUT2D eigenvalue weighted by molar-refractivity contribution is 4.88. The molecule has 2 nitrogen and oxygen atoms in total. The summed E-state index contributed by atoms with van der Waals surface area (Å²) in [5.74, 6) is 1.70. The summed E-state index contributed by atoms with van der Waals surface area (Å²) in [6.07, 6.45) is 4.84. The molecule has 0 saturated heterocycles. The van der Waals surface area contributed by atoms with Gasteiger partial charge in [-0.15, -0.1) is 0 Å². The zero-order valence-corrected chi connectivity index (χ0v) is 9.18. The van der Waals surface area contributed by atoms with Crippen LogP contribution in [-0.4, -0.2) is 19.3 Å². The molecule has 0 unspecified atom stereocenters. The molecular formula is C11H23NO. The quantitative estimate of drug-likeness (QED) is 0.731. The zero-order chi connectivity index (χ0) is 9.90. The average molecular weight is 185 g/mol. The van der Waals surface area contributed by atoms with Crippen LogP contribution in [0.5, 0.6) is 0 Å². The lowest BCUT2D eigenvalue weighted by Gasteiger charge is -2.39. The fourth-order valence-electron chi connectivity index (χ4n) is 2.32. The van der Waals surface area contributed by atoms with E-state index in [4.69, 9.17) is 10.5 Å². The molecule has 0 aromatic rings. The van der Waals surface area contributed by atoms with E-state index in [0.29, 0.717) is 6.54 Å². The fourth-order valence-corrected chi connectivity index (χ4v) is 2.32. The Labute approximate surface area is 81.8 Å². The van der Waals surface area contributed by atoms with Crippen LogP contribution >= 0.6 is 0 Å². The summed E-state index contributed by atoms with van der Waals surface area (Å²) < 4.78 is 5.53. The first-order valence-electron chi connectivity index (χ1n) is 5.39. The van der Waals surface area contributed by atoms with Gasteiger partial charge in [-0.1, -0.05) is 13.8 Å². The van der Waals surface area contributed by atoms with Crippen molar-refractivity contribution >= 4 is 0 Å². The van der Waals surface area contributed by atoms with Crippen molar-refractivity contribution in [2.24, 2.45) is 17.6 Å². The molecule has 0 amide bonds. The number of nitrogens with two attached hydrogens (primary N) is 1. The molecule has 78 valence electrons. The molecule has 0 heterocycles. The maximum Gasteiger partial charge on any atom is 0.0800 e. The second kappa shape index (κ2) is 4.43. The third-order valence-electron chi connectivity index (χ3n) is 3.69. The summed E-state index contributed by atoms with van der Waals surface area (Å²) in [4.78, 5) is 0. The van der Waals surface area contributed by atoms with Crippen molar-refractivity contribution in [3.05, 3.63) is 0 Å². The van der Waals surface area contributed by atoms with Gasteiger partial charge in [-0.05, 0) is 37.5 Å². The van der Waals surface area contributed by atoms with Gasteiger partial charge in [-0.3, -0.25) is 0 Å².